The number of carbonyl (C=O) groups excluding carboxylic acids is 2. The molecule has 2 atom stereocenters. The van der Waals surface area contributed by atoms with Crippen molar-refractivity contribution in [3.8, 4) is 5.75 Å². The molecular weight excluding hydrogens is 407 g/mol. The van der Waals surface area contributed by atoms with Gasteiger partial charge in [-0.25, -0.2) is 4.39 Å². The van der Waals surface area contributed by atoms with Gasteiger partial charge >= 0.3 is 0 Å². The normalized spacial score (nSPS) is 18.8. The zero-order chi connectivity index (χ0) is 22.8. The third-order valence-electron chi connectivity index (χ3n) is 6.11. The lowest BCUT2D eigenvalue weighted by atomic mass is 9.87. The second-order valence-electron chi connectivity index (χ2n) is 9.05. The van der Waals surface area contributed by atoms with Crippen molar-refractivity contribution in [3.05, 3.63) is 65.0 Å². The summed E-state index contributed by atoms with van der Waals surface area (Å²) in [7, 11) is 0. The number of benzene rings is 2. The predicted octanol–water partition coefficient (Wildman–Crippen LogP) is 4.39. The fourth-order valence-corrected chi connectivity index (χ4v) is 4.34. The highest BCUT2D eigenvalue weighted by Gasteiger charge is 2.39. The largest absolute Gasteiger partial charge is 0.481 e. The minimum Gasteiger partial charge on any atom is -0.481 e. The van der Waals surface area contributed by atoms with Gasteiger partial charge in [0.25, 0.3) is 5.91 Å². The molecule has 0 spiro atoms. The number of amides is 2. The maximum absolute atomic E-state index is 13.6. The molecule has 1 aliphatic carbocycles. The lowest BCUT2D eigenvalue weighted by Crippen LogP contribution is -2.42. The van der Waals surface area contributed by atoms with Gasteiger partial charge in [0.05, 0.1) is 6.04 Å². The molecule has 1 N–H and O–H groups in total. The maximum atomic E-state index is 13.6. The molecule has 6 heteroatoms. The molecule has 4 rings (SSSR count). The van der Waals surface area contributed by atoms with Gasteiger partial charge < -0.3 is 15.0 Å². The van der Waals surface area contributed by atoms with E-state index in [9.17, 15) is 14.0 Å². The summed E-state index contributed by atoms with van der Waals surface area (Å²) in [6.45, 7) is 6.39. The topological polar surface area (TPSA) is 58.6 Å². The summed E-state index contributed by atoms with van der Waals surface area (Å²) < 4.78 is 19.7. The van der Waals surface area contributed by atoms with Crippen molar-refractivity contribution in [1.29, 1.82) is 0 Å². The van der Waals surface area contributed by atoms with Gasteiger partial charge in [-0.2, -0.15) is 0 Å². The minimum absolute atomic E-state index is 0.0357. The van der Waals surface area contributed by atoms with Crippen molar-refractivity contribution in [2.75, 3.05) is 6.54 Å². The second kappa shape index (κ2) is 9.31. The van der Waals surface area contributed by atoms with E-state index in [1.807, 2.05) is 43.9 Å². The van der Waals surface area contributed by atoms with Gasteiger partial charge in [-0.3, -0.25) is 9.59 Å². The van der Waals surface area contributed by atoms with Crippen molar-refractivity contribution < 1.29 is 18.7 Å². The number of hydrogen-bond acceptors (Lipinski definition) is 3. The monoisotopic (exact) mass is 438 g/mol. The zero-order valence-electron chi connectivity index (χ0n) is 18.9. The van der Waals surface area contributed by atoms with Gasteiger partial charge in [0.1, 0.15) is 11.6 Å². The fraction of sp³-hybridized carbons (Fsp3) is 0.462. The Balaban J connectivity index is 1.67. The molecule has 2 unspecified atom stereocenters. The first-order chi connectivity index (χ1) is 15.4. The number of fused-ring (bicyclic) bond motifs is 1. The first-order valence-electron chi connectivity index (χ1n) is 11.5. The quantitative estimate of drug-likeness (QED) is 0.698. The van der Waals surface area contributed by atoms with E-state index in [0.29, 0.717) is 18.7 Å². The molecular formula is C26H31FN2O3. The standard InChI is InChI=1S/C26H31FN2O3/c1-4-23(25(30)28-16(2)3)32-21-12-9-17-13-14-29(26(31)19-5-6-19)24(22(17)15-21)18-7-10-20(27)11-8-18/h7-12,15-16,19,23-24H,4-6,13-14H2,1-3H3,(H,28,30). The van der Waals surface area contributed by atoms with E-state index in [-0.39, 0.29) is 35.6 Å². The Labute approximate surface area is 188 Å². The van der Waals surface area contributed by atoms with Crippen LogP contribution in [0.1, 0.15) is 62.8 Å². The molecule has 0 bridgehead atoms. The number of rotatable bonds is 7. The molecule has 2 aromatic carbocycles. The van der Waals surface area contributed by atoms with Crippen molar-refractivity contribution >= 4 is 11.8 Å². The van der Waals surface area contributed by atoms with Crippen molar-refractivity contribution in [2.24, 2.45) is 5.92 Å². The summed E-state index contributed by atoms with van der Waals surface area (Å²) in [6, 6.07) is 12.0. The molecule has 1 saturated carbocycles. The summed E-state index contributed by atoms with van der Waals surface area (Å²) in [5.74, 6) is 0.425. The van der Waals surface area contributed by atoms with Gasteiger partial charge in [0.15, 0.2) is 6.10 Å². The zero-order valence-corrected chi connectivity index (χ0v) is 18.9. The van der Waals surface area contributed by atoms with Crippen LogP contribution < -0.4 is 10.1 Å². The van der Waals surface area contributed by atoms with Crippen LogP contribution in [0, 0.1) is 11.7 Å². The smallest absolute Gasteiger partial charge is 0.261 e. The van der Waals surface area contributed by atoms with E-state index in [1.165, 1.54) is 12.1 Å². The molecule has 170 valence electrons. The number of hydrogen-bond donors (Lipinski definition) is 1. The Bertz CT molecular complexity index is 985. The van der Waals surface area contributed by atoms with E-state index >= 15 is 0 Å². The van der Waals surface area contributed by atoms with Crippen LogP contribution >= 0.6 is 0 Å². The number of carbonyl (C=O) groups is 2. The highest BCUT2D eigenvalue weighted by atomic mass is 19.1. The van der Waals surface area contributed by atoms with E-state index in [0.717, 1.165) is 36.0 Å². The molecule has 1 aliphatic heterocycles. The van der Waals surface area contributed by atoms with Crippen LogP contribution in [0.3, 0.4) is 0 Å². The molecule has 2 aromatic rings. The molecule has 1 heterocycles. The summed E-state index contributed by atoms with van der Waals surface area (Å²) >= 11 is 0. The van der Waals surface area contributed by atoms with Crippen molar-refractivity contribution in [1.82, 2.24) is 10.2 Å². The summed E-state index contributed by atoms with van der Waals surface area (Å²) in [5, 5.41) is 2.91. The van der Waals surface area contributed by atoms with Gasteiger partial charge in [-0.05, 0) is 80.5 Å². The van der Waals surface area contributed by atoms with Crippen LogP contribution in [-0.2, 0) is 16.0 Å². The van der Waals surface area contributed by atoms with Crippen LogP contribution in [-0.4, -0.2) is 35.4 Å². The number of ether oxygens (including phenoxy) is 1. The Morgan fingerprint density at radius 3 is 2.50 bits per heavy atom. The van der Waals surface area contributed by atoms with Crippen LogP contribution in [0.2, 0.25) is 0 Å². The first-order valence-corrected chi connectivity index (χ1v) is 11.5. The van der Waals surface area contributed by atoms with E-state index in [2.05, 4.69) is 5.32 Å². The van der Waals surface area contributed by atoms with Gasteiger partial charge in [0.2, 0.25) is 5.91 Å². The van der Waals surface area contributed by atoms with Crippen LogP contribution in [0.4, 0.5) is 4.39 Å². The van der Waals surface area contributed by atoms with Gasteiger partial charge in [-0.15, -0.1) is 0 Å². The Kier molecular flexibility index (Phi) is 6.49. The van der Waals surface area contributed by atoms with E-state index in [4.69, 9.17) is 4.74 Å². The van der Waals surface area contributed by atoms with E-state index in [1.54, 1.807) is 12.1 Å². The maximum Gasteiger partial charge on any atom is 0.261 e. The highest BCUT2D eigenvalue weighted by Crippen LogP contribution is 2.41. The number of halogens is 1. The van der Waals surface area contributed by atoms with Crippen molar-refractivity contribution in [3.63, 3.8) is 0 Å². The first kappa shape index (κ1) is 22.3. The van der Waals surface area contributed by atoms with Crippen LogP contribution in [0.15, 0.2) is 42.5 Å². The highest BCUT2D eigenvalue weighted by molar-refractivity contribution is 5.82. The second-order valence-corrected chi connectivity index (χ2v) is 9.05. The number of nitrogens with zero attached hydrogens (tertiary/aromatic N) is 1. The lowest BCUT2D eigenvalue weighted by molar-refractivity contribution is -0.134. The fourth-order valence-electron chi connectivity index (χ4n) is 4.34. The molecule has 5 nitrogen and oxygen atoms in total. The minimum atomic E-state index is -0.590. The predicted molar refractivity (Wildman–Crippen MR) is 121 cm³/mol. The molecule has 0 radical (unpaired) electrons. The molecule has 2 aliphatic rings. The van der Waals surface area contributed by atoms with Crippen LogP contribution in [0.25, 0.3) is 0 Å². The average Bonchev–Trinajstić information content (AvgIpc) is 3.61. The van der Waals surface area contributed by atoms with Crippen molar-refractivity contribution in [2.45, 2.75) is 64.6 Å². The summed E-state index contributed by atoms with van der Waals surface area (Å²) in [5.41, 5.74) is 3.00. The summed E-state index contributed by atoms with van der Waals surface area (Å²) in [6.07, 6.45) is 2.59. The van der Waals surface area contributed by atoms with E-state index < -0.39 is 6.10 Å². The Hall–Kier alpha value is -2.89. The average molecular weight is 439 g/mol. The molecule has 1 fully saturated rings. The van der Waals surface area contributed by atoms with Crippen LogP contribution in [0.5, 0.6) is 5.75 Å². The summed E-state index contributed by atoms with van der Waals surface area (Å²) in [4.78, 5) is 27.5. The molecule has 0 saturated heterocycles. The number of nitrogens with one attached hydrogen (secondary N) is 1. The third kappa shape index (κ3) is 4.79. The van der Waals surface area contributed by atoms with Gasteiger partial charge in [0, 0.05) is 18.5 Å². The molecule has 0 aromatic heterocycles. The lowest BCUT2D eigenvalue weighted by Gasteiger charge is -2.38. The Morgan fingerprint density at radius 1 is 1.16 bits per heavy atom. The molecule has 2 amide bonds. The molecule has 32 heavy (non-hydrogen) atoms. The van der Waals surface area contributed by atoms with Gasteiger partial charge in [-0.1, -0.05) is 25.1 Å². The third-order valence-corrected chi connectivity index (χ3v) is 6.11. The Morgan fingerprint density at radius 2 is 1.88 bits per heavy atom. The SMILES string of the molecule is CCC(Oc1ccc2c(c1)C(c1ccc(F)cc1)N(C(=O)C1CC1)CC2)C(=O)NC(C)C.